The topological polar surface area (TPSA) is 92.5 Å². The number of ether oxygens (including phenoxy) is 1. The number of aromatic nitrogens is 4. The third-order valence-electron chi connectivity index (χ3n) is 4.18. The predicted octanol–water partition coefficient (Wildman–Crippen LogP) is 1.64. The molecule has 11 heteroatoms. The molecule has 0 spiro atoms. The van der Waals surface area contributed by atoms with Gasteiger partial charge in [-0.15, -0.1) is 35.3 Å². The number of methoxy groups -OCH3 is 1. The first-order valence-electron chi connectivity index (χ1n) is 9.17. The van der Waals surface area contributed by atoms with Gasteiger partial charge in [-0.25, -0.2) is 19.6 Å². The van der Waals surface area contributed by atoms with Crippen molar-refractivity contribution in [1.82, 2.24) is 30.4 Å². The van der Waals surface area contributed by atoms with E-state index in [0.717, 1.165) is 54.4 Å². The lowest BCUT2D eigenvalue weighted by atomic mass is 10.1. The van der Waals surface area contributed by atoms with E-state index in [4.69, 9.17) is 9.73 Å². The Labute approximate surface area is 187 Å². The number of guanidine groups is 1. The van der Waals surface area contributed by atoms with E-state index in [1.165, 1.54) is 0 Å². The van der Waals surface area contributed by atoms with Gasteiger partial charge in [0.2, 0.25) is 0 Å². The van der Waals surface area contributed by atoms with Gasteiger partial charge >= 0.3 is 0 Å². The maximum Gasteiger partial charge on any atom is 0.191 e. The van der Waals surface area contributed by atoms with Crippen molar-refractivity contribution in [3.8, 4) is 0 Å². The Morgan fingerprint density at radius 3 is 2.93 bits per heavy atom. The van der Waals surface area contributed by atoms with Gasteiger partial charge in [-0.05, 0) is 13.3 Å². The van der Waals surface area contributed by atoms with Crippen molar-refractivity contribution in [2.24, 2.45) is 4.99 Å². The first-order chi connectivity index (χ1) is 13.1. The zero-order valence-electron chi connectivity index (χ0n) is 16.8. The minimum atomic E-state index is 0. The van der Waals surface area contributed by atoms with Crippen molar-refractivity contribution in [1.29, 1.82) is 0 Å². The highest BCUT2D eigenvalue weighted by Gasteiger charge is 2.22. The molecule has 0 saturated heterocycles. The molecule has 3 rings (SSSR count). The van der Waals surface area contributed by atoms with Crippen LogP contribution in [0.3, 0.4) is 0 Å². The highest BCUT2D eigenvalue weighted by molar-refractivity contribution is 14.0. The third kappa shape index (κ3) is 6.01. The van der Waals surface area contributed by atoms with Crippen molar-refractivity contribution in [2.75, 3.05) is 32.6 Å². The summed E-state index contributed by atoms with van der Waals surface area (Å²) in [4.78, 5) is 15.8. The zero-order valence-corrected chi connectivity index (χ0v) is 20.0. The van der Waals surface area contributed by atoms with Gasteiger partial charge in [0.1, 0.15) is 12.4 Å². The smallest absolute Gasteiger partial charge is 0.191 e. The number of nitrogens with zero attached hydrogens (tertiary/aromatic N) is 6. The predicted molar refractivity (Wildman–Crippen MR) is 123 cm³/mol. The van der Waals surface area contributed by atoms with E-state index < -0.39 is 0 Å². The normalized spacial score (nSPS) is 16.3. The second kappa shape index (κ2) is 10.9. The van der Waals surface area contributed by atoms with E-state index >= 15 is 0 Å². The summed E-state index contributed by atoms with van der Waals surface area (Å²) in [5, 5.41) is 14.4. The molecule has 0 bridgehead atoms. The van der Waals surface area contributed by atoms with Crippen LogP contribution in [0, 0.1) is 0 Å². The molecule has 3 heterocycles. The van der Waals surface area contributed by atoms with E-state index in [9.17, 15) is 0 Å². The molecule has 1 unspecified atom stereocenters. The highest BCUT2D eigenvalue weighted by atomic mass is 127. The number of hydrogen-bond donors (Lipinski definition) is 2. The van der Waals surface area contributed by atoms with Gasteiger partial charge in [-0.2, -0.15) is 5.10 Å². The lowest BCUT2D eigenvalue weighted by Gasteiger charge is -2.25. The molecule has 0 aliphatic carbocycles. The Kier molecular flexibility index (Phi) is 8.89. The number of anilines is 1. The summed E-state index contributed by atoms with van der Waals surface area (Å²) in [6.45, 7) is 4.66. The van der Waals surface area contributed by atoms with Crippen LogP contribution in [0.15, 0.2) is 10.4 Å². The van der Waals surface area contributed by atoms with Crippen LogP contribution in [0.4, 0.5) is 5.13 Å². The van der Waals surface area contributed by atoms with Crippen LogP contribution in [0.1, 0.15) is 30.7 Å². The lowest BCUT2D eigenvalue weighted by molar-refractivity contribution is 0.177. The Hall–Kier alpha value is -1.47. The van der Waals surface area contributed by atoms with Gasteiger partial charge in [-0.3, -0.25) is 0 Å². The molecule has 2 aromatic heterocycles. The van der Waals surface area contributed by atoms with Crippen LogP contribution in [-0.4, -0.2) is 59.5 Å². The number of thiazole rings is 1. The largest absolute Gasteiger partial charge is 0.377 e. The van der Waals surface area contributed by atoms with E-state index in [0.29, 0.717) is 13.2 Å². The molecule has 28 heavy (non-hydrogen) atoms. The molecule has 156 valence electrons. The monoisotopic (exact) mass is 520 g/mol. The minimum Gasteiger partial charge on any atom is -0.377 e. The third-order valence-corrected chi connectivity index (χ3v) is 5.24. The maximum atomic E-state index is 5.13. The summed E-state index contributed by atoms with van der Waals surface area (Å²) >= 11 is 1.63. The molecule has 0 fully saturated rings. The second-order valence-corrected chi connectivity index (χ2v) is 7.49. The molecular weight excluding hydrogens is 491 g/mol. The number of aryl methyl sites for hydroxylation is 1. The molecule has 0 saturated carbocycles. The first kappa shape index (κ1) is 22.8. The summed E-state index contributed by atoms with van der Waals surface area (Å²) in [5.41, 5.74) is 0.979. The fourth-order valence-electron chi connectivity index (χ4n) is 2.92. The lowest BCUT2D eigenvalue weighted by Crippen LogP contribution is -2.47. The van der Waals surface area contributed by atoms with Crippen LogP contribution < -0.4 is 15.5 Å². The van der Waals surface area contributed by atoms with Crippen molar-refractivity contribution in [3.63, 3.8) is 0 Å². The molecule has 0 radical (unpaired) electrons. The Bertz CT molecular complexity index is 775. The zero-order chi connectivity index (χ0) is 19.2. The van der Waals surface area contributed by atoms with Gasteiger partial charge in [0.05, 0.1) is 18.8 Å². The molecule has 1 aliphatic rings. The number of fused-ring (bicyclic) bond motifs is 1. The SMILES string of the molecule is CCNC(=NCc1csc(N(C)C)n1)NC1CCc2nc(COC)nn2C1.I. The van der Waals surface area contributed by atoms with Crippen LogP contribution in [0.25, 0.3) is 0 Å². The van der Waals surface area contributed by atoms with Crippen LogP contribution in [-0.2, 0) is 30.9 Å². The number of aliphatic imine (C=N–C) groups is 1. The summed E-state index contributed by atoms with van der Waals surface area (Å²) in [6.07, 6.45) is 1.89. The van der Waals surface area contributed by atoms with E-state index in [1.54, 1.807) is 18.4 Å². The number of halogens is 1. The first-order valence-corrected chi connectivity index (χ1v) is 10.0. The quantitative estimate of drug-likeness (QED) is 0.326. The highest BCUT2D eigenvalue weighted by Crippen LogP contribution is 2.18. The van der Waals surface area contributed by atoms with Crippen LogP contribution in [0.5, 0.6) is 0 Å². The van der Waals surface area contributed by atoms with Gasteiger partial charge < -0.3 is 20.3 Å². The molecule has 0 aromatic carbocycles. The second-order valence-electron chi connectivity index (χ2n) is 6.65. The van der Waals surface area contributed by atoms with Crippen molar-refractivity contribution < 1.29 is 4.74 Å². The van der Waals surface area contributed by atoms with Crippen molar-refractivity contribution >= 4 is 46.4 Å². The molecule has 2 aromatic rings. The molecule has 2 N–H and O–H groups in total. The van der Waals surface area contributed by atoms with E-state index in [1.807, 2.05) is 23.7 Å². The number of nitrogens with one attached hydrogen (secondary N) is 2. The van der Waals surface area contributed by atoms with E-state index in [2.05, 4.69) is 38.0 Å². The standard InChI is InChI=1S/C17H28N8OS.HI/c1-5-18-16(19-8-13-11-27-17(21-13)24(2)3)20-12-6-7-15-22-14(10-26-4)23-25(15)9-12;/h11-12H,5-10H2,1-4H3,(H2,18,19,20);1H. The Morgan fingerprint density at radius 2 is 2.25 bits per heavy atom. The minimum absolute atomic E-state index is 0. The average molecular weight is 520 g/mol. The maximum absolute atomic E-state index is 5.13. The van der Waals surface area contributed by atoms with Crippen LogP contribution in [0.2, 0.25) is 0 Å². The summed E-state index contributed by atoms with van der Waals surface area (Å²) in [5.74, 6) is 2.58. The van der Waals surface area contributed by atoms with Gasteiger partial charge in [0, 0.05) is 45.6 Å². The molecule has 0 amide bonds. The average Bonchev–Trinajstić information content (AvgIpc) is 3.26. The Morgan fingerprint density at radius 1 is 1.43 bits per heavy atom. The van der Waals surface area contributed by atoms with Crippen LogP contribution >= 0.6 is 35.3 Å². The van der Waals surface area contributed by atoms with Gasteiger partial charge in [0.15, 0.2) is 16.9 Å². The Balaban J connectivity index is 0.00000280. The fourth-order valence-corrected chi connectivity index (χ4v) is 3.67. The summed E-state index contributed by atoms with van der Waals surface area (Å²) in [6, 6.07) is 0.264. The molecule has 1 atom stereocenters. The van der Waals surface area contributed by atoms with Crippen molar-refractivity contribution in [3.05, 3.63) is 22.7 Å². The van der Waals surface area contributed by atoms with Gasteiger partial charge in [-0.1, -0.05) is 0 Å². The number of rotatable bonds is 7. The number of hydrogen-bond acceptors (Lipinski definition) is 7. The fraction of sp³-hybridized carbons (Fsp3) is 0.647. The molecule has 9 nitrogen and oxygen atoms in total. The molecular formula is C17H29IN8OS. The molecule has 1 aliphatic heterocycles. The van der Waals surface area contributed by atoms with Gasteiger partial charge in [0.25, 0.3) is 0 Å². The summed E-state index contributed by atoms with van der Waals surface area (Å²) < 4.78 is 7.10. The van der Waals surface area contributed by atoms with Crippen molar-refractivity contribution in [2.45, 2.75) is 45.5 Å². The summed E-state index contributed by atoms with van der Waals surface area (Å²) in [7, 11) is 5.65. The van der Waals surface area contributed by atoms with E-state index in [-0.39, 0.29) is 30.0 Å².